The van der Waals surface area contributed by atoms with E-state index in [1.54, 1.807) is 26.4 Å². The van der Waals surface area contributed by atoms with Gasteiger partial charge in [-0.15, -0.1) is 0 Å². The fourth-order valence-electron chi connectivity index (χ4n) is 5.02. The molecule has 176 valence electrons. The van der Waals surface area contributed by atoms with Crippen LogP contribution in [0.1, 0.15) is 47.1 Å². The number of allylic oxidation sites excluding steroid dienone is 2. The number of aryl methyl sites for hydroxylation is 1. The number of rotatable bonds is 5. The lowest BCUT2D eigenvalue weighted by molar-refractivity contribution is -0.116. The van der Waals surface area contributed by atoms with Crippen molar-refractivity contribution in [2.45, 2.75) is 31.6 Å². The topological polar surface area (TPSA) is 103 Å². The van der Waals surface area contributed by atoms with Crippen molar-refractivity contribution in [1.82, 2.24) is 5.16 Å². The first kappa shape index (κ1) is 21.9. The van der Waals surface area contributed by atoms with Gasteiger partial charge in [-0.05, 0) is 54.7 Å². The van der Waals surface area contributed by atoms with Crippen molar-refractivity contribution in [2.75, 3.05) is 26.6 Å². The number of hydrogen-bond donors (Lipinski definition) is 2. The number of Topliss-reactive ketones (excluding diaryl/α,β-unsaturated/α-hetero) is 1. The molecule has 2 heterocycles. The summed E-state index contributed by atoms with van der Waals surface area (Å²) >= 11 is 0. The lowest BCUT2D eigenvalue weighted by Crippen LogP contribution is -2.29. The maximum Gasteiger partial charge on any atom is 0.233 e. The van der Waals surface area contributed by atoms with E-state index in [0.29, 0.717) is 41.5 Å². The van der Waals surface area contributed by atoms with Crippen LogP contribution < -0.4 is 19.5 Å². The maximum absolute atomic E-state index is 13.7. The van der Waals surface area contributed by atoms with E-state index in [-0.39, 0.29) is 23.4 Å². The summed E-state index contributed by atoms with van der Waals surface area (Å²) in [6.07, 6.45) is 0.954. The van der Waals surface area contributed by atoms with Gasteiger partial charge < -0.3 is 29.2 Å². The Morgan fingerprint density at radius 1 is 0.971 bits per heavy atom. The predicted octanol–water partition coefficient (Wildman–Crippen LogP) is 4.67. The fourth-order valence-corrected chi connectivity index (χ4v) is 5.02. The van der Waals surface area contributed by atoms with E-state index >= 15 is 0 Å². The van der Waals surface area contributed by atoms with Gasteiger partial charge in [-0.3, -0.25) is 4.79 Å². The maximum atomic E-state index is 13.7. The molecular weight excluding hydrogens is 436 g/mol. The van der Waals surface area contributed by atoms with Crippen LogP contribution in [0.2, 0.25) is 0 Å². The number of phenols is 1. The second-order valence-corrected chi connectivity index (χ2v) is 8.54. The molecule has 0 saturated heterocycles. The van der Waals surface area contributed by atoms with E-state index in [4.69, 9.17) is 18.7 Å². The molecule has 8 nitrogen and oxygen atoms in total. The van der Waals surface area contributed by atoms with Crippen LogP contribution in [0.4, 0.5) is 5.88 Å². The first-order chi connectivity index (χ1) is 16.4. The Labute approximate surface area is 197 Å². The van der Waals surface area contributed by atoms with E-state index in [1.807, 2.05) is 31.2 Å². The number of fused-ring (bicyclic) bond motifs is 1. The van der Waals surface area contributed by atoms with Crippen molar-refractivity contribution < 1.29 is 28.6 Å². The number of ether oxygens (including phenoxy) is 3. The van der Waals surface area contributed by atoms with Crippen LogP contribution >= 0.6 is 0 Å². The van der Waals surface area contributed by atoms with Gasteiger partial charge in [-0.1, -0.05) is 17.3 Å². The third-order valence-electron chi connectivity index (χ3n) is 6.67. The monoisotopic (exact) mass is 462 g/mol. The number of phenolic OH excluding ortho intramolecular Hbond substituents is 1. The quantitative estimate of drug-likeness (QED) is 0.564. The summed E-state index contributed by atoms with van der Waals surface area (Å²) in [6.45, 7) is 1.88. The van der Waals surface area contributed by atoms with Crippen LogP contribution in [0, 0.1) is 6.92 Å². The zero-order valence-electron chi connectivity index (χ0n) is 19.5. The Balaban J connectivity index is 1.60. The van der Waals surface area contributed by atoms with Gasteiger partial charge in [-0.25, -0.2) is 0 Å². The summed E-state index contributed by atoms with van der Waals surface area (Å²) < 4.78 is 21.8. The van der Waals surface area contributed by atoms with Gasteiger partial charge in [0.1, 0.15) is 0 Å². The van der Waals surface area contributed by atoms with Crippen LogP contribution in [0.15, 0.2) is 52.2 Å². The lowest BCUT2D eigenvalue weighted by Gasteiger charge is -2.34. The Hall–Kier alpha value is -3.94. The Morgan fingerprint density at radius 3 is 2.41 bits per heavy atom. The molecule has 0 amide bonds. The second-order valence-electron chi connectivity index (χ2n) is 8.54. The van der Waals surface area contributed by atoms with E-state index in [1.165, 1.54) is 7.11 Å². The highest BCUT2D eigenvalue weighted by molar-refractivity contribution is 6.01. The number of ketones is 1. The second kappa shape index (κ2) is 8.44. The van der Waals surface area contributed by atoms with E-state index in [0.717, 1.165) is 28.1 Å². The molecule has 0 unspecified atom stereocenters. The summed E-state index contributed by atoms with van der Waals surface area (Å²) in [6, 6.07) is 10.9. The largest absolute Gasteiger partial charge is 0.504 e. The summed E-state index contributed by atoms with van der Waals surface area (Å²) in [5.74, 6) is 1.87. The summed E-state index contributed by atoms with van der Waals surface area (Å²) in [4.78, 5) is 13.7. The lowest BCUT2D eigenvalue weighted by atomic mass is 9.72. The third-order valence-corrected chi connectivity index (χ3v) is 6.67. The number of carbonyl (C=O) groups is 1. The number of hydrogen-bond acceptors (Lipinski definition) is 8. The fraction of sp³-hybridized carbons (Fsp3) is 0.308. The first-order valence-corrected chi connectivity index (χ1v) is 11.0. The number of anilines is 1. The zero-order valence-corrected chi connectivity index (χ0v) is 19.5. The summed E-state index contributed by atoms with van der Waals surface area (Å²) in [5.41, 5.74) is 4.94. The van der Waals surface area contributed by atoms with Crippen molar-refractivity contribution in [3.63, 3.8) is 0 Å². The molecule has 0 fully saturated rings. The number of methoxy groups -OCH3 is 3. The van der Waals surface area contributed by atoms with Crippen molar-refractivity contribution >= 4 is 11.7 Å². The molecule has 0 spiro atoms. The molecule has 1 aromatic heterocycles. The number of aromatic hydroxyl groups is 1. The first-order valence-electron chi connectivity index (χ1n) is 11.0. The van der Waals surface area contributed by atoms with Gasteiger partial charge in [0.15, 0.2) is 28.8 Å². The van der Waals surface area contributed by atoms with Crippen LogP contribution in [-0.2, 0) is 4.79 Å². The molecule has 8 heteroatoms. The highest BCUT2D eigenvalue weighted by atomic mass is 16.5. The number of aromatic nitrogens is 1. The molecule has 1 aliphatic heterocycles. The molecule has 2 N–H and O–H groups in total. The average molecular weight is 463 g/mol. The van der Waals surface area contributed by atoms with Crippen LogP contribution in [0.3, 0.4) is 0 Å². The van der Waals surface area contributed by atoms with Crippen molar-refractivity contribution in [1.29, 1.82) is 0 Å². The number of nitrogens with one attached hydrogen (secondary N) is 1. The van der Waals surface area contributed by atoms with E-state index in [9.17, 15) is 9.90 Å². The van der Waals surface area contributed by atoms with Crippen molar-refractivity contribution in [3.8, 4) is 23.0 Å². The molecule has 34 heavy (non-hydrogen) atoms. The minimum Gasteiger partial charge on any atom is -0.504 e. The minimum atomic E-state index is -0.333. The van der Waals surface area contributed by atoms with Gasteiger partial charge in [0.05, 0.1) is 32.6 Å². The van der Waals surface area contributed by atoms with Crippen LogP contribution in [0.5, 0.6) is 23.0 Å². The summed E-state index contributed by atoms with van der Waals surface area (Å²) in [5, 5.41) is 17.5. The van der Waals surface area contributed by atoms with Gasteiger partial charge in [0, 0.05) is 23.6 Å². The minimum absolute atomic E-state index is 0.0526. The number of nitrogens with zero attached hydrogens (tertiary/aromatic N) is 1. The smallest absolute Gasteiger partial charge is 0.233 e. The zero-order chi connectivity index (χ0) is 24.0. The molecule has 2 atom stereocenters. The molecular formula is C26H26N2O6. The van der Waals surface area contributed by atoms with E-state index in [2.05, 4.69) is 10.5 Å². The van der Waals surface area contributed by atoms with Crippen molar-refractivity contribution in [3.05, 3.63) is 70.1 Å². The molecule has 0 bridgehead atoms. The third kappa shape index (κ3) is 3.46. The molecule has 0 saturated carbocycles. The highest BCUT2D eigenvalue weighted by Gasteiger charge is 2.41. The van der Waals surface area contributed by atoms with Gasteiger partial charge in [-0.2, -0.15) is 0 Å². The van der Waals surface area contributed by atoms with Crippen molar-refractivity contribution in [2.24, 2.45) is 0 Å². The predicted molar refractivity (Wildman–Crippen MR) is 125 cm³/mol. The molecule has 5 rings (SSSR count). The van der Waals surface area contributed by atoms with Gasteiger partial charge in [0.25, 0.3) is 0 Å². The average Bonchev–Trinajstić information content (AvgIpc) is 3.22. The molecule has 0 radical (unpaired) electrons. The molecule has 3 aromatic rings. The molecule has 2 aliphatic rings. The molecule has 1 aliphatic carbocycles. The van der Waals surface area contributed by atoms with Gasteiger partial charge in [0.2, 0.25) is 5.88 Å². The Bertz CT molecular complexity index is 1310. The number of benzene rings is 2. The standard InChI is InChI=1S/C26H26N2O6/c1-13-23-24(15-6-8-20(31-2)22(12-15)33-4)25-17(27-26(23)34-28-13)9-16(10-19(25)30)14-5-7-18(29)21(11-14)32-3/h5-8,11-12,16,24,27,29H,9-10H2,1-4H3/t16-,24+/m0/s1. The molecule has 2 aromatic carbocycles. The normalized spacial score (nSPS) is 19.2. The Kier molecular flexibility index (Phi) is 5.43. The highest BCUT2D eigenvalue weighted by Crippen LogP contribution is 2.50. The van der Waals surface area contributed by atoms with E-state index < -0.39 is 0 Å². The van der Waals surface area contributed by atoms with Crippen LogP contribution in [0.25, 0.3) is 0 Å². The SMILES string of the molecule is COc1cc([C@@H]2CC(=O)C3=C(C2)Nc2onc(C)c2[C@H]3c2ccc(OC)c(OC)c2)ccc1O. The number of carbonyl (C=O) groups excluding carboxylic acids is 1. The van der Waals surface area contributed by atoms with Gasteiger partial charge >= 0.3 is 0 Å². The Morgan fingerprint density at radius 2 is 1.68 bits per heavy atom. The summed E-state index contributed by atoms with van der Waals surface area (Å²) in [7, 11) is 4.69. The van der Waals surface area contributed by atoms with Crippen LogP contribution in [-0.4, -0.2) is 37.4 Å².